The summed E-state index contributed by atoms with van der Waals surface area (Å²) in [7, 11) is 0. The first-order valence-corrected chi connectivity index (χ1v) is 9.34. The molecule has 1 unspecified atom stereocenters. The fourth-order valence-corrected chi connectivity index (χ4v) is 4.24. The SMILES string of the molecule is O=C(c1ccccc1)c1cccc(NC(=O)C2Cc3ccccc3S2)c1. The maximum Gasteiger partial charge on any atom is 0.238 e. The maximum absolute atomic E-state index is 12.6. The number of hydrogen-bond acceptors (Lipinski definition) is 3. The van der Waals surface area contributed by atoms with Gasteiger partial charge in [0.1, 0.15) is 0 Å². The van der Waals surface area contributed by atoms with Crippen LogP contribution in [0.4, 0.5) is 5.69 Å². The van der Waals surface area contributed by atoms with Crippen molar-refractivity contribution in [3.63, 3.8) is 0 Å². The van der Waals surface area contributed by atoms with Crippen LogP contribution in [0.3, 0.4) is 0 Å². The molecule has 4 rings (SSSR count). The Balaban J connectivity index is 1.48. The summed E-state index contributed by atoms with van der Waals surface area (Å²) in [5.41, 5.74) is 3.06. The Bertz CT molecular complexity index is 944. The van der Waals surface area contributed by atoms with Crippen molar-refractivity contribution in [2.45, 2.75) is 16.6 Å². The van der Waals surface area contributed by atoms with Gasteiger partial charge in [0.25, 0.3) is 0 Å². The Morgan fingerprint density at radius 3 is 2.38 bits per heavy atom. The first-order chi connectivity index (χ1) is 12.7. The van der Waals surface area contributed by atoms with E-state index in [0.717, 1.165) is 6.42 Å². The lowest BCUT2D eigenvalue weighted by Gasteiger charge is -2.11. The zero-order chi connectivity index (χ0) is 17.9. The fourth-order valence-electron chi connectivity index (χ4n) is 3.05. The van der Waals surface area contributed by atoms with Gasteiger partial charge in [-0.3, -0.25) is 9.59 Å². The highest BCUT2D eigenvalue weighted by atomic mass is 32.2. The number of rotatable bonds is 4. The summed E-state index contributed by atoms with van der Waals surface area (Å²) >= 11 is 1.59. The molecule has 26 heavy (non-hydrogen) atoms. The number of benzene rings is 3. The van der Waals surface area contributed by atoms with Crippen molar-refractivity contribution in [3.05, 3.63) is 95.6 Å². The van der Waals surface area contributed by atoms with Crippen molar-refractivity contribution in [1.29, 1.82) is 0 Å². The summed E-state index contributed by atoms with van der Waals surface area (Å²) in [6.45, 7) is 0. The zero-order valence-corrected chi connectivity index (χ0v) is 14.8. The summed E-state index contributed by atoms with van der Waals surface area (Å²) in [4.78, 5) is 26.4. The fraction of sp³-hybridized carbons (Fsp3) is 0.0909. The van der Waals surface area contributed by atoms with E-state index in [9.17, 15) is 9.59 Å². The average Bonchev–Trinajstić information content (AvgIpc) is 3.13. The van der Waals surface area contributed by atoms with E-state index in [-0.39, 0.29) is 16.9 Å². The van der Waals surface area contributed by atoms with Crippen LogP contribution in [-0.4, -0.2) is 16.9 Å². The number of carbonyl (C=O) groups excluding carboxylic acids is 2. The van der Waals surface area contributed by atoms with E-state index in [0.29, 0.717) is 16.8 Å². The van der Waals surface area contributed by atoms with Crippen molar-refractivity contribution >= 4 is 29.1 Å². The van der Waals surface area contributed by atoms with Crippen LogP contribution >= 0.6 is 11.8 Å². The van der Waals surface area contributed by atoms with Gasteiger partial charge in [-0.05, 0) is 30.2 Å². The van der Waals surface area contributed by atoms with E-state index in [1.165, 1.54) is 10.5 Å². The molecule has 1 atom stereocenters. The summed E-state index contributed by atoms with van der Waals surface area (Å²) in [5.74, 6) is -0.0835. The summed E-state index contributed by atoms with van der Waals surface area (Å²) in [5, 5.41) is 2.82. The molecule has 3 aromatic carbocycles. The van der Waals surface area contributed by atoms with Gasteiger partial charge in [-0.15, -0.1) is 11.8 Å². The van der Waals surface area contributed by atoms with Crippen molar-refractivity contribution in [1.82, 2.24) is 0 Å². The number of thioether (sulfide) groups is 1. The molecule has 0 aliphatic carbocycles. The van der Waals surface area contributed by atoms with E-state index in [2.05, 4.69) is 11.4 Å². The molecule has 0 spiro atoms. The van der Waals surface area contributed by atoms with Crippen molar-refractivity contribution in [2.75, 3.05) is 5.32 Å². The van der Waals surface area contributed by atoms with Gasteiger partial charge < -0.3 is 5.32 Å². The molecule has 0 saturated carbocycles. The summed E-state index contributed by atoms with van der Waals surface area (Å²) in [6.07, 6.45) is 0.731. The number of nitrogens with one attached hydrogen (secondary N) is 1. The Labute approximate surface area is 156 Å². The lowest BCUT2D eigenvalue weighted by Crippen LogP contribution is -2.24. The van der Waals surface area contributed by atoms with Crippen LogP contribution in [0.2, 0.25) is 0 Å². The first kappa shape index (κ1) is 16.6. The molecule has 1 amide bonds. The predicted molar refractivity (Wildman–Crippen MR) is 105 cm³/mol. The van der Waals surface area contributed by atoms with E-state index in [1.54, 1.807) is 42.1 Å². The highest BCUT2D eigenvalue weighted by Gasteiger charge is 2.28. The largest absolute Gasteiger partial charge is 0.325 e. The number of hydrogen-bond donors (Lipinski definition) is 1. The normalized spacial score (nSPS) is 15.3. The van der Waals surface area contributed by atoms with Gasteiger partial charge in [0.05, 0.1) is 5.25 Å². The van der Waals surface area contributed by atoms with Crippen LogP contribution in [-0.2, 0) is 11.2 Å². The van der Waals surface area contributed by atoms with Gasteiger partial charge >= 0.3 is 0 Å². The maximum atomic E-state index is 12.6. The third-order valence-electron chi connectivity index (χ3n) is 4.37. The molecule has 3 nitrogen and oxygen atoms in total. The molecule has 3 aromatic rings. The first-order valence-electron chi connectivity index (χ1n) is 8.46. The van der Waals surface area contributed by atoms with Crippen LogP contribution in [0.25, 0.3) is 0 Å². The van der Waals surface area contributed by atoms with Crippen LogP contribution in [0.1, 0.15) is 21.5 Å². The summed E-state index contributed by atoms with van der Waals surface area (Å²) in [6, 6.07) is 24.4. The standard InChI is InChI=1S/C22H17NO2S/c24-21(15-7-2-1-3-8-15)17-10-6-11-18(13-17)23-22(25)20-14-16-9-4-5-12-19(16)26-20/h1-13,20H,14H2,(H,23,25). The average molecular weight is 359 g/mol. The van der Waals surface area contributed by atoms with Gasteiger partial charge in [0.15, 0.2) is 5.78 Å². The molecule has 0 saturated heterocycles. The zero-order valence-electron chi connectivity index (χ0n) is 14.0. The van der Waals surface area contributed by atoms with E-state index >= 15 is 0 Å². The van der Waals surface area contributed by atoms with E-state index < -0.39 is 0 Å². The van der Waals surface area contributed by atoms with Crippen molar-refractivity contribution in [2.24, 2.45) is 0 Å². The number of fused-ring (bicyclic) bond motifs is 1. The molecule has 0 radical (unpaired) electrons. The number of carbonyl (C=O) groups is 2. The molecule has 128 valence electrons. The molecular formula is C22H17NO2S. The van der Waals surface area contributed by atoms with Crippen molar-refractivity contribution < 1.29 is 9.59 Å². The van der Waals surface area contributed by atoms with E-state index in [1.807, 2.05) is 42.5 Å². The Morgan fingerprint density at radius 1 is 0.846 bits per heavy atom. The molecule has 0 aromatic heterocycles. The Kier molecular flexibility index (Phi) is 4.59. The van der Waals surface area contributed by atoms with Crippen LogP contribution < -0.4 is 5.32 Å². The number of ketones is 1. The van der Waals surface area contributed by atoms with Gasteiger partial charge in [0.2, 0.25) is 5.91 Å². The topological polar surface area (TPSA) is 46.2 Å². The minimum Gasteiger partial charge on any atom is -0.325 e. The third-order valence-corrected chi connectivity index (χ3v) is 5.69. The van der Waals surface area contributed by atoms with Crippen molar-refractivity contribution in [3.8, 4) is 0 Å². The van der Waals surface area contributed by atoms with Crippen LogP contribution in [0.5, 0.6) is 0 Å². The smallest absolute Gasteiger partial charge is 0.238 e. The second-order valence-electron chi connectivity index (χ2n) is 6.18. The minimum atomic E-state index is -0.138. The lowest BCUT2D eigenvalue weighted by atomic mass is 10.0. The van der Waals surface area contributed by atoms with Gasteiger partial charge in [-0.25, -0.2) is 0 Å². The highest BCUT2D eigenvalue weighted by Crippen LogP contribution is 2.37. The predicted octanol–water partition coefficient (Wildman–Crippen LogP) is 4.57. The second-order valence-corrected chi connectivity index (χ2v) is 7.43. The van der Waals surface area contributed by atoms with Gasteiger partial charge in [0, 0.05) is 21.7 Å². The quantitative estimate of drug-likeness (QED) is 0.694. The van der Waals surface area contributed by atoms with Crippen LogP contribution in [0.15, 0.2) is 83.8 Å². The molecule has 0 fully saturated rings. The minimum absolute atomic E-state index is 0.0319. The van der Waals surface area contributed by atoms with Crippen LogP contribution in [0, 0.1) is 0 Å². The van der Waals surface area contributed by atoms with Gasteiger partial charge in [-0.2, -0.15) is 0 Å². The molecule has 1 aliphatic rings. The Hall–Kier alpha value is -2.85. The number of anilines is 1. The van der Waals surface area contributed by atoms with E-state index in [4.69, 9.17) is 0 Å². The Morgan fingerprint density at radius 2 is 1.58 bits per heavy atom. The molecule has 1 N–H and O–H groups in total. The molecule has 0 bridgehead atoms. The van der Waals surface area contributed by atoms with Gasteiger partial charge in [-0.1, -0.05) is 60.7 Å². The summed E-state index contributed by atoms with van der Waals surface area (Å²) < 4.78 is 0. The molecule has 1 heterocycles. The highest BCUT2D eigenvalue weighted by molar-refractivity contribution is 8.01. The third kappa shape index (κ3) is 3.41. The molecule has 4 heteroatoms. The molecule has 1 aliphatic heterocycles. The molecular weight excluding hydrogens is 342 g/mol. The second kappa shape index (κ2) is 7.18. The lowest BCUT2D eigenvalue weighted by molar-refractivity contribution is -0.115. The monoisotopic (exact) mass is 359 g/mol. The number of amides is 1.